The van der Waals surface area contributed by atoms with Crippen molar-refractivity contribution in [1.29, 1.82) is 0 Å². The van der Waals surface area contributed by atoms with Gasteiger partial charge in [-0.2, -0.15) is 13.2 Å². The van der Waals surface area contributed by atoms with E-state index < -0.39 is 41.2 Å². The van der Waals surface area contributed by atoms with Gasteiger partial charge in [0, 0.05) is 18.7 Å². The number of aryl methyl sites for hydroxylation is 1. The smallest absolute Gasteiger partial charge is 0.451 e. The third kappa shape index (κ3) is 7.04. The van der Waals surface area contributed by atoms with Crippen molar-refractivity contribution in [1.82, 2.24) is 15.3 Å². The summed E-state index contributed by atoms with van der Waals surface area (Å²) in [5, 5.41) is 11.3. The maximum absolute atomic E-state index is 12.7. The third-order valence-corrected chi connectivity index (χ3v) is 2.89. The quantitative estimate of drug-likeness (QED) is 0.803. The van der Waals surface area contributed by atoms with Crippen molar-refractivity contribution in [2.24, 2.45) is 0 Å². The first-order valence-electron chi connectivity index (χ1n) is 7.40. The highest BCUT2D eigenvalue weighted by Gasteiger charge is 2.36. The fourth-order valence-corrected chi connectivity index (χ4v) is 1.78. The van der Waals surface area contributed by atoms with Crippen LogP contribution in [0.2, 0.25) is 0 Å². The van der Waals surface area contributed by atoms with Crippen LogP contribution in [0.15, 0.2) is 6.07 Å². The van der Waals surface area contributed by atoms with E-state index in [1.165, 1.54) is 6.92 Å². The van der Waals surface area contributed by atoms with E-state index in [2.05, 4.69) is 15.3 Å². The van der Waals surface area contributed by atoms with Gasteiger partial charge in [0.2, 0.25) is 5.82 Å². The largest absolute Gasteiger partial charge is 0.480 e. The molecule has 0 bridgehead atoms. The van der Waals surface area contributed by atoms with Crippen LogP contribution in [-0.4, -0.2) is 45.2 Å². The number of hydrogen-bond acceptors (Lipinski definition) is 5. The zero-order chi connectivity index (χ0) is 19.4. The number of carboxylic acids is 1. The highest BCUT2D eigenvalue weighted by molar-refractivity contribution is 5.95. The minimum Gasteiger partial charge on any atom is -0.480 e. The van der Waals surface area contributed by atoms with Crippen LogP contribution in [0.25, 0.3) is 0 Å². The van der Waals surface area contributed by atoms with E-state index in [0.717, 1.165) is 6.07 Å². The zero-order valence-electron chi connectivity index (χ0n) is 14.3. The van der Waals surface area contributed by atoms with Gasteiger partial charge in [-0.1, -0.05) is 0 Å². The van der Waals surface area contributed by atoms with Crippen LogP contribution in [-0.2, 0) is 15.7 Å². The summed E-state index contributed by atoms with van der Waals surface area (Å²) in [6.07, 6.45) is -4.86. The van der Waals surface area contributed by atoms with E-state index in [1.807, 2.05) is 0 Å². The number of aromatic nitrogens is 2. The van der Waals surface area contributed by atoms with Gasteiger partial charge in [0.05, 0.1) is 5.60 Å². The van der Waals surface area contributed by atoms with Crippen molar-refractivity contribution in [2.75, 3.05) is 6.61 Å². The SMILES string of the molecule is Cc1cc(C(=O)NC(CCOC(C)(C)C)C(=O)O)nc(C(F)(F)F)n1. The number of rotatable bonds is 6. The van der Waals surface area contributed by atoms with Crippen LogP contribution in [0.1, 0.15) is 49.2 Å². The molecule has 0 saturated carbocycles. The molecule has 0 spiro atoms. The Bertz CT molecular complexity index is 642. The standard InChI is InChI=1S/C15H20F3N3O4/c1-8-7-10(21-13(19-8)15(16,17)18)11(22)20-9(12(23)24)5-6-25-14(2,3)4/h7,9H,5-6H2,1-4H3,(H,20,22)(H,23,24). The van der Waals surface area contributed by atoms with Gasteiger partial charge in [-0.15, -0.1) is 0 Å². The Morgan fingerprint density at radius 1 is 1.28 bits per heavy atom. The summed E-state index contributed by atoms with van der Waals surface area (Å²) >= 11 is 0. The van der Waals surface area contributed by atoms with Crippen LogP contribution in [0.4, 0.5) is 13.2 Å². The second-order valence-corrected chi connectivity index (χ2v) is 6.33. The molecular weight excluding hydrogens is 343 g/mol. The van der Waals surface area contributed by atoms with E-state index >= 15 is 0 Å². The second kappa shape index (κ2) is 7.77. The summed E-state index contributed by atoms with van der Waals surface area (Å²) in [5.41, 5.74) is -1.10. The molecule has 140 valence electrons. The van der Waals surface area contributed by atoms with Gasteiger partial charge in [0.15, 0.2) is 0 Å². The average Bonchev–Trinajstić information content (AvgIpc) is 2.43. The van der Waals surface area contributed by atoms with Gasteiger partial charge in [0.1, 0.15) is 11.7 Å². The number of carbonyl (C=O) groups excluding carboxylic acids is 1. The molecular formula is C15H20F3N3O4. The van der Waals surface area contributed by atoms with Crippen molar-refractivity contribution < 1.29 is 32.6 Å². The lowest BCUT2D eigenvalue weighted by atomic mass is 10.1. The highest BCUT2D eigenvalue weighted by Crippen LogP contribution is 2.26. The fraction of sp³-hybridized carbons (Fsp3) is 0.600. The summed E-state index contributed by atoms with van der Waals surface area (Å²) < 4.78 is 43.5. The molecule has 0 saturated heterocycles. The predicted octanol–water partition coefficient (Wildman–Crippen LogP) is 2.19. The summed E-state index contributed by atoms with van der Waals surface area (Å²) in [6.45, 7) is 6.67. The number of amides is 1. The maximum Gasteiger partial charge on any atom is 0.451 e. The van der Waals surface area contributed by atoms with Crippen molar-refractivity contribution in [3.63, 3.8) is 0 Å². The first-order chi connectivity index (χ1) is 11.3. The third-order valence-electron chi connectivity index (χ3n) is 2.89. The number of ether oxygens (including phenoxy) is 1. The average molecular weight is 363 g/mol. The molecule has 1 unspecified atom stereocenters. The number of nitrogens with one attached hydrogen (secondary N) is 1. The van der Waals surface area contributed by atoms with Crippen molar-refractivity contribution in [3.8, 4) is 0 Å². The molecule has 1 atom stereocenters. The Morgan fingerprint density at radius 2 is 1.88 bits per heavy atom. The van der Waals surface area contributed by atoms with Gasteiger partial charge in [-0.05, 0) is 33.8 Å². The summed E-state index contributed by atoms with van der Waals surface area (Å²) in [4.78, 5) is 29.7. The molecule has 0 aromatic carbocycles. The molecule has 0 fully saturated rings. The molecule has 1 aromatic rings. The molecule has 2 N–H and O–H groups in total. The number of nitrogens with zero attached hydrogens (tertiary/aromatic N) is 2. The Kier molecular flexibility index (Phi) is 6.47. The molecule has 0 aliphatic rings. The minimum atomic E-state index is -4.81. The van der Waals surface area contributed by atoms with Gasteiger partial charge in [-0.25, -0.2) is 14.8 Å². The summed E-state index contributed by atoms with van der Waals surface area (Å²) in [5.74, 6) is -3.81. The normalized spacial score (nSPS) is 13.4. The van der Waals surface area contributed by atoms with Crippen molar-refractivity contribution in [2.45, 2.75) is 51.9 Å². The highest BCUT2D eigenvalue weighted by atomic mass is 19.4. The summed E-state index contributed by atoms with van der Waals surface area (Å²) in [6, 6.07) is -0.269. The number of halogens is 3. The van der Waals surface area contributed by atoms with E-state index in [-0.39, 0.29) is 18.7 Å². The van der Waals surface area contributed by atoms with Crippen LogP contribution in [0.5, 0.6) is 0 Å². The molecule has 1 rings (SSSR count). The first kappa shape index (κ1) is 20.8. The molecule has 0 aliphatic carbocycles. The molecule has 7 nitrogen and oxygen atoms in total. The number of carboxylic acid groups (broad SMARTS) is 1. The van der Waals surface area contributed by atoms with Crippen LogP contribution in [0, 0.1) is 6.92 Å². The molecule has 0 radical (unpaired) electrons. The molecule has 1 aromatic heterocycles. The Morgan fingerprint density at radius 3 is 2.36 bits per heavy atom. The number of aliphatic carboxylic acids is 1. The molecule has 1 heterocycles. The molecule has 10 heteroatoms. The van der Waals surface area contributed by atoms with Crippen LogP contribution < -0.4 is 5.32 Å². The Labute approximate surface area is 142 Å². The zero-order valence-corrected chi connectivity index (χ0v) is 14.3. The number of carbonyl (C=O) groups is 2. The number of hydrogen-bond donors (Lipinski definition) is 2. The summed E-state index contributed by atoms with van der Waals surface area (Å²) in [7, 11) is 0. The molecule has 25 heavy (non-hydrogen) atoms. The van der Waals surface area contributed by atoms with Crippen molar-refractivity contribution >= 4 is 11.9 Å². The van der Waals surface area contributed by atoms with E-state index in [4.69, 9.17) is 9.84 Å². The van der Waals surface area contributed by atoms with Crippen LogP contribution in [0.3, 0.4) is 0 Å². The minimum absolute atomic E-state index is 0.0471. The lowest BCUT2D eigenvalue weighted by Gasteiger charge is -2.21. The lowest BCUT2D eigenvalue weighted by molar-refractivity contribution is -0.145. The molecule has 1 amide bonds. The van der Waals surface area contributed by atoms with E-state index in [9.17, 15) is 22.8 Å². The predicted molar refractivity (Wildman–Crippen MR) is 81.0 cm³/mol. The Hall–Kier alpha value is -2.23. The van der Waals surface area contributed by atoms with E-state index in [0.29, 0.717) is 0 Å². The second-order valence-electron chi connectivity index (χ2n) is 6.33. The van der Waals surface area contributed by atoms with Gasteiger partial charge in [0.25, 0.3) is 5.91 Å². The van der Waals surface area contributed by atoms with E-state index in [1.54, 1.807) is 20.8 Å². The van der Waals surface area contributed by atoms with Gasteiger partial charge >= 0.3 is 12.1 Å². The first-order valence-corrected chi connectivity index (χ1v) is 7.40. The van der Waals surface area contributed by atoms with Crippen LogP contribution >= 0.6 is 0 Å². The number of alkyl halides is 3. The van der Waals surface area contributed by atoms with Gasteiger partial charge in [-0.3, -0.25) is 4.79 Å². The fourth-order valence-electron chi connectivity index (χ4n) is 1.78. The maximum atomic E-state index is 12.7. The monoisotopic (exact) mass is 363 g/mol. The molecule has 0 aliphatic heterocycles. The van der Waals surface area contributed by atoms with Crippen molar-refractivity contribution in [3.05, 3.63) is 23.3 Å². The topological polar surface area (TPSA) is 101 Å². The Balaban J connectivity index is 2.87. The lowest BCUT2D eigenvalue weighted by Crippen LogP contribution is -2.42. The van der Waals surface area contributed by atoms with Gasteiger partial charge < -0.3 is 15.2 Å².